The number of phenolic OH excluding ortho intramolecular Hbond substituents is 5. The molecule has 0 bridgehead atoms. The molecule has 0 amide bonds. The number of fused-ring (bicyclic) bond motifs is 5. The Morgan fingerprint density at radius 2 is 1.36 bits per heavy atom. The van der Waals surface area contributed by atoms with Gasteiger partial charge in [-0.25, -0.2) is 0 Å². The molecule has 0 saturated carbocycles. The molecule has 0 fully saturated rings. The quantitative estimate of drug-likeness (QED) is 0.0292. The molecule has 6 rings (SSSR count). The summed E-state index contributed by atoms with van der Waals surface area (Å²) < 4.78 is 6.46. The van der Waals surface area contributed by atoms with Crippen molar-refractivity contribution in [3.63, 3.8) is 0 Å². The second kappa shape index (κ2) is 16.3. The summed E-state index contributed by atoms with van der Waals surface area (Å²) in [5, 5.41) is 65.2. The minimum absolute atomic E-state index is 0. The van der Waals surface area contributed by atoms with E-state index in [-0.39, 0.29) is 82.0 Å². The number of aliphatic hydroxyl groups excluding tert-OH is 1. The Bertz CT molecular complexity index is 2300. The fourth-order valence-electron chi connectivity index (χ4n) is 8.11. The fourth-order valence-corrected chi connectivity index (χ4v) is 8.11. The maximum absolute atomic E-state index is 11.7. The van der Waals surface area contributed by atoms with Crippen LogP contribution < -0.4 is 0 Å². The number of aliphatic hydroxyl groups is 1. The van der Waals surface area contributed by atoms with Crippen molar-refractivity contribution in [1.29, 1.82) is 0 Å². The molecule has 1 aliphatic carbocycles. The first-order valence-electron chi connectivity index (χ1n) is 19.5. The molecule has 10 heteroatoms. The molecule has 5 aromatic rings. The largest absolute Gasteiger partial charge is 0.542 e. The molecule has 0 unspecified atom stereocenters. The van der Waals surface area contributed by atoms with Crippen LogP contribution in [0, 0.1) is 17.9 Å². The van der Waals surface area contributed by atoms with E-state index in [1.807, 2.05) is 54.5 Å². The number of aromatic hydroxyl groups is 5. The van der Waals surface area contributed by atoms with Crippen molar-refractivity contribution >= 4 is 38.5 Å². The van der Waals surface area contributed by atoms with E-state index in [9.17, 15) is 35.4 Å². The van der Waals surface area contributed by atoms with Gasteiger partial charge in [0.2, 0.25) is 0 Å². The van der Waals surface area contributed by atoms with E-state index in [0.29, 0.717) is 16.9 Å². The van der Waals surface area contributed by atoms with Gasteiger partial charge in [0.15, 0.2) is 17.3 Å². The molecule has 1 radical (unpaired) electrons. The zero-order valence-corrected chi connectivity index (χ0v) is 37.0. The van der Waals surface area contributed by atoms with E-state index < -0.39 is 28.4 Å². The smallest absolute Gasteiger partial charge is 0.188 e. The van der Waals surface area contributed by atoms with E-state index >= 15 is 0 Å². The number of nitrogens with zero attached hydrogens (tertiary/aromatic N) is 1. The number of ketones is 1. The molecule has 3 aromatic carbocycles. The number of phenols is 5. The standard InChI is InChI=1S/C33H34NO6.C13H24O2.Ir/c1-31(2,3)23-22-17(26(36)28(38)29(39)27(22)37)12-18(25(23)35)24-30-15(8-11-34-24)16-13-19-20(14-21(16)40-30)33(6,7)10-9-32(19,4)5;1-5-10(6-2)12(14)9-13(15)11(7-3)8-4;/h8,11,13-14,35-39H,9-10H2,1-7H3;9-11,14H,5-8H2,1-4H3;/q-1;;/b;12-9-;. The number of allylic oxidation sites excluding steroid dienone is 2. The third-order valence-corrected chi connectivity index (χ3v) is 11.8. The van der Waals surface area contributed by atoms with E-state index in [4.69, 9.17) is 4.42 Å². The number of aromatic nitrogens is 1. The van der Waals surface area contributed by atoms with Crippen molar-refractivity contribution in [2.75, 3.05) is 0 Å². The molecule has 0 aliphatic heterocycles. The van der Waals surface area contributed by atoms with Gasteiger partial charge < -0.3 is 35.1 Å². The van der Waals surface area contributed by atoms with Gasteiger partial charge in [0.1, 0.15) is 22.7 Å². The molecular weight excluding hydrogens is 887 g/mol. The molecule has 305 valence electrons. The van der Waals surface area contributed by atoms with Crippen molar-refractivity contribution in [3.05, 3.63) is 59.0 Å². The van der Waals surface area contributed by atoms with E-state index in [2.05, 4.69) is 50.9 Å². The molecule has 1 aliphatic rings. The number of rotatable bonds is 8. The average Bonchev–Trinajstić information content (AvgIpc) is 3.50. The Morgan fingerprint density at radius 3 is 1.89 bits per heavy atom. The number of pyridine rings is 1. The number of hydrogen-bond donors (Lipinski definition) is 6. The van der Waals surface area contributed by atoms with Crippen molar-refractivity contribution in [2.45, 2.75) is 131 Å². The van der Waals surface area contributed by atoms with E-state index in [0.717, 1.165) is 49.3 Å². The summed E-state index contributed by atoms with van der Waals surface area (Å²) in [6.07, 6.45) is 8.69. The van der Waals surface area contributed by atoms with Crippen LogP contribution in [-0.4, -0.2) is 41.4 Å². The first kappa shape index (κ1) is 44.4. The Labute approximate surface area is 343 Å². The van der Waals surface area contributed by atoms with Crippen LogP contribution >= 0.6 is 0 Å². The summed E-state index contributed by atoms with van der Waals surface area (Å²) in [7, 11) is 0. The van der Waals surface area contributed by atoms with Crippen LogP contribution in [0.3, 0.4) is 0 Å². The number of furan rings is 1. The van der Waals surface area contributed by atoms with Gasteiger partial charge in [0.25, 0.3) is 0 Å². The minimum Gasteiger partial charge on any atom is -0.542 e. The van der Waals surface area contributed by atoms with Gasteiger partial charge in [-0.05, 0) is 89.5 Å². The van der Waals surface area contributed by atoms with Crippen LogP contribution in [0.2, 0.25) is 0 Å². The monoisotopic (exact) mass is 945 g/mol. The van der Waals surface area contributed by atoms with Crippen LogP contribution in [0.25, 0.3) is 44.0 Å². The molecule has 0 atom stereocenters. The zero-order chi connectivity index (χ0) is 40.9. The number of carbonyl (C=O) groups excluding carboxylic acids is 1. The average molecular weight is 945 g/mol. The number of benzene rings is 3. The zero-order valence-electron chi connectivity index (χ0n) is 34.6. The second-order valence-electron chi connectivity index (χ2n) is 17.4. The molecule has 9 nitrogen and oxygen atoms in total. The predicted molar refractivity (Wildman–Crippen MR) is 219 cm³/mol. The van der Waals surface area contributed by atoms with Crippen LogP contribution in [-0.2, 0) is 41.1 Å². The van der Waals surface area contributed by atoms with Crippen LogP contribution in [0.4, 0.5) is 0 Å². The minimum atomic E-state index is -0.872. The molecule has 56 heavy (non-hydrogen) atoms. The summed E-state index contributed by atoms with van der Waals surface area (Å²) in [6.45, 7) is 22.6. The Hall–Kier alpha value is -4.27. The summed E-state index contributed by atoms with van der Waals surface area (Å²) in [6, 6.07) is 9.20. The van der Waals surface area contributed by atoms with E-state index in [1.165, 1.54) is 17.2 Å². The first-order chi connectivity index (χ1) is 25.6. The van der Waals surface area contributed by atoms with Gasteiger partial charge in [-0.3, -0.25) is 9.78 Å². The maximum Gasteiger partial charge on any atom is 0.188 e. The molecular formula is C46H58IrNO8-. The normalized spacial score (nSPS) is 15.2. The van der Waals surface area contributed by atoms with Gasteiger partial charge in [0.05, 0.1) is 17.2 Å². The summed E-state index contributed by atoms with van der Waals surface area (Å²) in [4.78, 5) is 16.3. The van der Waals surface area contributed by atoms with Crippen molar-refractivity contribution in [2.24, 2.45) is 11.8 Å². The van der Waals surface area contributed by atoms with Crippen LogP contribution in [0.1, 0.15) is 131 Å². The summed E-state index contributed by atoms with van der Waals surface area (Å²) in [5.41, 5.74) is 3.69. The SMILES string of the molecule is CC(C)(C)c1c(O)c(-c2nccc3c2oc2cc4c(cc23)C(C)(C)CCC4(C)C)[c-]c2c(O)c(O)c(O)c(O)c12.CCC(CC)C(=O)/C=C(\O)C(CC)CC.[Ir]. The van der Waals surface area contributed by atoms with Gasteiger partial charge in [-0.15, -0.1) is 6.07 Å². The van der Waals surface area contributed by atoms with Gasteiger partial charge in [-0.2, -0.15) is 0 Å². The van der Waals surface area contributed by atoms with Crippen LogP contribution in [0.5, 0.6) is 28.7 Å². The molecule has 0 saturated heterocycles. The Kier molecular flexibility index (Phi) is 12.9. The fraction of sp³-hybridized carbons (Fsp3) is 0.478. The third kappa shape index (κ3) is 7.84. The van der Waals surface area contributed by atoms with Gasteiger partial charge in [-0.1, -0.05) is 92.7 Å². The maximum atomic E-state index is 11.7. The summed E-state index contributed by atoms with van der Waals surface area (Å²) in [5.74, 6) is -2.73. The van der Waals surface area contributed by atoms with E-state index in [1.54, 1.807) is 6.20 Å². The predicted octanol–water partition coefficient (Wildman–Crippen LogP) is 11.6. The Morgan fingerprint density at radius 1 is 0.821 bits per heavy atom. The Balaban J connectivity index is 0.000000372. The van der Waals surface area contributed by atoms with Gasteiger partial charge >= 0.3 is 0 Å². The number of carbonyl (C=O) groups is 1. The first-order valence-corrected chi connectivity index (χ1v) is 19.5. The topological polar surface area (TPSA) is 164 Å². The van der Waals surface area contributed by atoms with Gasteiger partial charge in [0, 0.05) is 55.0 Å². The van der Waals surface area contributed by atoms with Crippen LogP contribution in [0.15, 0.2) is 40.6 Å². The van der Waals surface area contributed by atoms with Crippen molar-refractivity contribution < 1.29 is 60.0 Å². The third-order valence-electron chi connectivity index (χ3n) is 11.8. The van der Waals surface area contributed by atoms with Crippen molar-refractivity contribution in [1.82, 2.24) is 4.98 Å². The molecule has 2 heterocycles. The molecule has 6 N–H and O–H groups in total. The molecule has 2 aromatic heterocycles. The van der Waals surface area contributed by atoms with Crippen molar-refractivity contribution in [3.8, 4) is 40.0 Å². The summed E-state index contributed by atoms with van der Waals surface area (Å²) >= 11 is 0. The second-order valence-corrected chi connectivity index (χ2v) is 17.4. The molecule has 0 spiro atoms. The number of hydrogen-bond acceptors (Lipinski definition) is 9.